The summed E-state index contributed by atoms with van der Waals surface area (Å²) < 4.78 is 6.69. The van der Waals surface area contributed by atoms with Crippen molar-refractivity contribution in [3.63, 3.8) is 0 Å². The highest BCUT2D eigenvalue weighted by molar-refractivity contribution is 5.83. The van der Waals surface area contributed by atoms with E-state index >= 15 is 0 Å². The number of hydrogen-bond donors (Lipinski definition) is 2. The van der Waals surface area contributed by atoms with Crippen LogP contribution in [0.2, 0.25) is 0 Å². The molecule has 3 aromatic rings. The number of carboxylic acid groups (broad SMARTS) is 1. The van der Waals surface area contributed by atoms with Crippen LogP contribution in [-0.2, 0) is 6.54 Å². The summed E-state index contributed by atoms with van der Waals surface area (Å²) in [4.78, 5) is 21.0. The zero-order chi connectivity index (χ0) is 20.6. The molecule has 8 heteroatoms. The molecule has 3 heterocycles. The molecular weight excluding hydrogens is 370 g/mol. The third-order valence-electron chi connectivity index (χ3n) is 4.71. The molecule has 152 valence electrons. The average molecular weight is 395 g/mol. The minimum Gasteiger partial charge on any atom is -0.497 e. The van der Waals surface area contributed by atoms with Gasteiger partial charge in [-0.3, -0.25) is 4.98 Å². The Bertz CT molecular complexity index is 923. The van der Waals surface area contributed by atoms with Gasteiger partial charge in [0.05, 0.1) is 7.11 Å². The molecule has 0 atom stereocenters. The van der Waals surface area contributed by atoms with Crippen LogP contribution in [-0.4, -0.2) is 52.4 Å². The number of methoxy groups -OCH3 is 1. The molecule has 3 N–H and O–H groups in total. The van der Waals surface area contributed by atoms with Crippen LogP contribution in [0.1, 0.15) is 16.2 Å². The van der Waals surface area contributed by atoms with Gasteiger partial charge in [-0.1, -0.05) is 12.1 Å². The van der Waals surface area contributed by atoms with E-state index in [2.05, 4.69) is 14.9 Å². The maximum Gasteiger partial charge on any atom is 0.372 e. The molecule has 29 heavy (non-hydrogen) atoms. The van der Waals surface area contributed by atoms with E-state index in [1.165, 1.54) is 11.9 Å². The molecule has 1 saturated heterocycles. The first-order chi connectivity index (χ1) is 14.1. The number of nitrogens with zero attached hydrogens (tertiary/aromatic N) is 4. The summed E-state index contributed by atoms with van der Waals surface area (Å²) in [5.74, 6) is 0.448. The van der Waals surface area contributed by atoms with E-state index < -0.39 is 5.97 Å². The lowest BCUT2D eigenvalue weighted by Crippen LogP contribution is -2.49. The molecule has 4 rings (SSSR count). The highest BCUT2D eigenvalue weighted by atomic mass is 16.5. The van der Waals surface area contributed by atoms with E-state index in [1.54, 1.807) is 17.9 Å². The number of aromatic carboxylic acids is 1. The lowest BCUT2D eigenvalue weighted by Gasteiger charge is -2.40. The monoisotopic (exact) mass is 395 g/mol. The summed E-state index contributed by atoms with van der Waals surface area (Å²) >= 11 is 0. The number of rotatable bonds is 6. The van der Waals surface area contributed by atoms with E-state index in [4.69, 9.17) is 15.6 Å². The summed E-state index contributed by atoms with van der Waals surface area (Å²) in [5.41, 5.74) is 7.76. The molecule has 8 nitrogen and oxygen atoms in total. The summed E-state index contributed by atoms with van der Waals surface area (Å²) in [6, 6.07) is 11.6. The fourth-order valence-electron chi connectivity index (χ4n) is 3.09. The molecule has 1 aliphatic heterocycles. The smallest absolute Gasteiger partial charge is 0.372 e. The number of nitrogens with two attached hydrogens (primary N) is 1. The van der Waals surface area contributed by atoms with Gasteiger partial charge in [0, 0.05) is 56.0 Å². The van der Waals surface area contributed by atoms with Gasteiger partial charge in [0.1, 0.15) is 5.75 Å². The normalized spacial score (nSPS) is 13.2. The van der Waals surface area contributed by atoms with Gasteiger partial charge in [-0.15, -0.1) is 0 Å². The summed E-state index contributed by atoms with van der Waals surface area (Å²) in [7, 11) is 1.60. The van der Waals surface area contributed by atoms with Gasteiger partial charge in [-0.2, -0.15) is 0 Å². The minimum atomic E-state index is -1.03. The van der Waals surface area contributed by atoms with Crippen LogP contribution < -0.4 is 15.4 Å². The van der Waals surface area contributed by atoms with E-state index in [0.717, 1.165) is 30.9 Å². The van der Waals surface area contributed by atoms with Crippen molar-refractivity contribution in [3.8, 4) is 5.75 Å². The van der Waals surface area contributed by atoms with Crippen LogP contribution in [0.3, 0.4) is 0 Å². The molecule has 0 radical (unpaired) electrons. The Balaban J connectivity index is 0.000000176. The number of ether oxygens (including phenoxy) is 1. The van der Waals surface area contributed by atoms with Gasteiger partial charge in [0.15, 0.2) is 0 Å². The number of aromatic nitrogens is 3. The van der Waals surface area contributed by atoms with E-state index in [0.29, 0.717) is 12.5 Å². The number of hydrogen-bond acceptors (Lipinski definition) is 6. The molecule has 0 amide bonds. The van der Waals surface area contributed by atoms with Crippen molar-refractivity contribution in [2.75, 3.05) is 31.6 Å². The highest BCUT2D eigenvalue weighted by Crippen LogP contribution is 2.22. The zero-order valence-electron chi connectivity index (χ0n) is 16.3. The van der Waals surface area contributed by atoms with Crippen molar-refractivity contribution >= 4 is 11.7 Å². The van der Waals surface area contributed by atoms with Crippen LogP contribution in [0.5, 0.6) is 5.75 Å². The van der Waals surface area contributed by atoms with Crippen LogP contribution >= 0.6 is 0 Å². The number of benzene rings is 1. The number of carboxylic acids is 1. The quantitative estimate of drug-likeness (QED) is 0.658. The Morgan fingerprint density at radius 2 is 2.00 bits per heavy atom. The minimum absolute atomic E-state index is 0.0350. The van der Waals surface area contributed by atoms with Gasteiger partial charge >= 0.3 is 5.97 Å². The van der Waals surface area contributed by atoms with Crippen molar-refractivity contribution < 1.29 is 14.6 Å². The highest BCUT2D eigenvalue weighted by Gasteiger charge is 2.24. The fraction of sp³-hybridized carbons (Fsp3) is 0.286. The second-order valence-corrected chi connectivity index (χ2v) is 6.75. The fourth-order valence-corrected chi connectivity index (χ4v) is 3.09. The summed E-state index contributed by atoms with van der Waals surface area (Å²) in [6.07, 6.45) is 6.77. The third-order valence-corrected chi connectivity index (χ3v) is 4.71. The maximum absolute atomic E-state index is 10.9. The Kier molecular flexibility index (Phi) is 6.80. The molecule has 1 fully saturated rings. The molecule has 0 spiro atoms. The first-order valence-electron chi connectivity index (χ1n) is 9.33. The largest absolute Gasteiger partial charge is 0.497 e. The van der Waals surface area contributed by atoms with Crippen LogP contribution in [0.4, 0.5) is 5.69 Å². The van der Waals surface area contributed by atoms with Crippen molar-refractivity contribution in [3.05, 3.63) is 72.6 Å². The lowest BCUT2D eigenvalue weighted by atomic mass is 10.00. The molecule has 0 aliphatic carbocycles. The molecule has 0 saturated carbocycles. The topological polar surface area (TPSA) is 106 Å². The predicted molar refractivity (Wildman–Crippen MR) is 110 cm³/mol. The first-order valence-corrected chi connectivity index (χ1v) is 9.33. The van der Waals surface area contributed by atoms with Crippen molar-refractivity contribution in [2.24, 2.45) is 11.7 Å². The maximum atomic E-state index is 10.9. The van der Waals surface area contributed by atoms with Crippen molar-refractivity contribution in [1.29, 1.82) is 0 Å². The summed E-state index contributed by atoms with van der Waals surface area (Å²) in [6.45, 7) is 3.46. The van der Waals surface area contributed by atoms with E-state index in [1.807, 2.05) is 48.8 Å². The Hall–Kier alpha value is -3.39. The van der Waals surface area contributed by atoms with E-state index in [9.17, 15) is 4.79 Å². The molecule has 0 bridgehead atoms. The van der Waals surface area contributed by atoms with Crippen LogP contribution in [0.25, 0.3) is 0 Å². The molecule has 1 aliphatic rings. The Labute approximate surface area is 169 Å². The van der Waals surface area contributed by atoms with Crippen molar-refractivity contribution in [1.82, 2.24) is 14.5 Å². The molecular formula is C21H25N5O3. The number of carbonyl (C=O) groups is 1. The molecule has 1 aromatic carbocycles. The van der Waals surface area contributed by atoms with Crippen molar-refractivity contribution in [2.45, 2.75) is 6.54 Å². The third kappa shape index (κ3) is 5.32. The number of anilines is 1. The average Bonchev–Trinajstić information content (AvgIpc) is 3.17. The van der Waals surface area contributed by atoms with Gasteiger partial charge in [0.2, 0.25) is 5.82 Å². The second kappa shape index (κ2) is 9.70. The summed E-state index contributed by atoms with van der Waals surface area (Å²) in [5, 5.41) is 8.93. The van der Waals surface area contributed by atoms with Gasteiger partial charge in [-0.05, 0) is 36.4 Å². The van der Waals surface area contributed by atoms with Gasteiger partial charge < -0.3 is 25.0 Å². The van der Waals surface area contributed by atoms with Crippen LogP contribution in [0.15, 0.2) is 61.2 Å². The molecule has 0 unspecified atom stereocenters. The second-order valence-electron chi connectivity index (χ2n) is 6.75. The number of pyridine rings is 1. The zero-order valence-corrected chi connectivity index (χ0v) is 16.3. The first kappa shape index (κ1) is 20.3. The van der Waals surface area contributed by atoms with E-state index in [-0.39, 0.29) is 5.82 Å². The Morgan fingerprint density at radius 1 is 1.24 bits per heavy atom. The standard InChI is InChI=1S/C12H12N2O3.C9H13N3/c1-17-10-4-2-3-9(7-10)8-14-6-5-13-11(14)12(15)16;10-5-8-6-12(7-8)9-1-3-11-4-2-9/h2-7H,8H2,1H3,(H,15,16);1-4,8H,5-7,10H2. The Morgan fingerprint density at radius 3 is 2.66 bits per heavy atom. The SMILES string of the molecule is COc1cccc(Cn2ccnc2C(=O)O)c1.NCC1CN(c2ccncc2)C1. The van der Waals surface area contributed by atoms with Gasteiger partial charge in [0.25, 0.3) is 0 Å². The lowest BCUT2D eigenvalue weighted by molar-refractivity contribution is 0.0679. The van der Waals surface area contributed by atoms with Crippen LogP contribution in [0, 0.1) is 5.92 Å². The predicted octanol–water partition coefficient (Wildman–Crippen LogP) is 2.11. The van der Waals surface area contributed by atoms with Gasteiger partial charge in [-0.25, -0.2) is 9.78 Å². The number of imidazole rings is 1. The molecule has 2 aromatic heterocycles.